The van der Waals surface area contributed by atoms with Crippen LogP contribution in [0.1, 0.15) is 11.1 Å². The molecule has 6 heteroatoms. The lowest BCUT2D eigenvalue weighted by Gasteiger charge is -2.03. The minimum atomic E-state index is -0.162. The van der Waals surface area contributed by atoms with Crippen molar-refractivity contribution in [1.82, 2.24) is 9.78 Å². The summed E-state index contributed by atoms with van der Waals surface area (Å²) in [7, 11) is 1.64. The van der Waals surface area contributed by atoms with Crippen LogP contribution in [0.15, 0.2) is 79.0 Å². The van der Waals surface area contributed by atoms with Gasteiger partial charge in [0, 0.05) is 33.5 Å². The van der Waals surface area contributed by atoms with Crippen molar-refractivity contribution >= 4 is 34.8 Å². The number of nitrogens with one attached hydrogen (secondary N) is 1. The minimum Gasteiger partial charge on any atom is -0.497 e. The van der Waals surface area contributed by atoms with Gasteiger partial charge in [0.1, 0.15) is 5.75 Å². The molecule has 0 fully saturated rings. The Bertz CT molecular complexity index is 1310. The second-order valence-corrected chi connectivity index (χ2v) is 7.58. The predicted molar refractivity (Wildman–Crippen MR) is 124 cm³/mol. The van der Waals surface area contributed by atoms with Crippen LogP contribution < -0.4 is 10.1 Å². The van der Waals surface area contributed by atoms with Crippen molar-refractivity contribution in [1.29, 1.82) is 0 Å². The molecule has 0 unspecified atom stereocenters. The Morgan fingerprint density at radius 1 is 1.03 bits per heavy atom. The van der Waals surface area contributed by atoms with Crippen LogP contribution in [0.5, 0.6) is 5.75 Å². The smallest absolute Gasteiger partial charge is 0.256 e. The number of rotatable bonds is 4. The monoisotopic (exact) mass is 427 g/mol. The number of methoxy groups -OCH3 is 1. The summed E-state index contributed by atoms with van der Waals surface area (Å²) >= 11 is 6.09. The van der Waals surface area contributed by atoms with Crippen LogP contribution in [0.3, 0.4) is 0 Å². The molecule has 0 saturated carbocycles. The molecule has 1 aliphatic heterocycles. The Hall–Kier alpha value is -3.83. The molecule has 4 aromatic rings. The average Bonchev–Trinajstić information content (AvgIpc) is 3.35. The Labute approximate surface area is 184 Å². The number of carbonyl (C=O) groups is 1. The van der Waals surface area contributed by atoms with Gasteiger partial charge in [-0.15, -0.1) is 0 Å². The number of fused-ring (bicyclic) bond motifs is 1. The van der Waals surface area contributed by atoms with E-state index in [0.717, 1.165) is 33.8 Å². The zero-order chi connectivity index (χ0) is 21.4. The van der Waals surface area contributed by atoms with Crippen LogP contribution in [-0.4, -0.2) is 22.8 Å². The van der Waals surface area contributed by atoms with Gasteiger partial charge in [-0.25, -0.2) is 4.68 Å². The molecule has 152 valence electrons. The highest BCUT2D eigenvalue weighted by Gasteiger charge is 2.25. The molecule has 0 spiro atoms. The third-order valence-electron chi connectivity index (χ3n) is 5.19. The third kappa shape index (κ3) is 3.60. The van der Waals surface area contributed by atoms with Gasteiger partial charge in [-0.05, 0) is 54.6 Å². The van der Waals surface area contributed by atoms with E-state index in [9.17, 15) is 4.79 Å². The van der Waals surface area contributed by atoms with Crippen molar-refractivity contribution in [3.8, 4) is 22.7 Å². The number of nitrogens with zero attached hydrogens (tertiary/aromatic N) is 2. The zero-order valence-corrected chi connectivity index (χ0v) is 17.4. The number of benzene rings is 3. The van der Waals surface area contributed by atoms with Crippen molar-refractivity contribution in [2.75, 3.05) is 12.4 Å². The number of hydrogen-bond acceptors (Lipinski definition) is 3. The summed E-state index contributed by atoms with van der Waals surface area (Å²) in [5.74, 6) is 0.609. The van der Waals surface area contributed by atoms with E-state index in [-0.39, 0.29) is 5.91 Å². The zero-order valence-electron chi connectivity index (χ0n) is 16.7. The third-order valence-corrected chi connectivity index (χ3v) is 5.43. The van der Waals surface area contributed by atoms with E-state index in [0.29, 0.717) is 16.3 Å². The molecular formula is C25H18ClN3O2. The number of halogens is 1. The van der Waals surface area contributed by atoms with Crippen LogP contribution in [0.2, 0.25) is 5.02 Å². The molecule has 0 bridgehead atoms. The number of carbonyl (C=O) groups excluding carboxylic acids is 1. The van der Waals surface area contributed by atoms with E-state index >= 15 is 0 Å². The summed E-state index contributed by atoms with van der Waals surface area (Å²) in [4.78, 5) is 12.7. The van der Waals surface area contributed by atoms with Gasteiger partial charge in [0.05, 0.1) is 24.2 Å². The first-order valence-corrected chi connectivity index (χ1v) is 10.1. The maximum Gasteiger partial charge on any atom is 0.256 e. The fraction of sp³-hybridized carbons (Fsp3) is 0.0400. The first kappa shape index (κ1) is 19.2. The number of ether oxygens (including phenoxy) is 1. The van der Waals surface area contributed by atoms with Gasteiger partial charge in [-0.3, -0.25) is 4.79 Å². The molecule has 0 aliphatic carbocycles. The summed E-state index contributed by atoms with van der Waals surface area (Å²) in [6, 6.07) is 23.0. The maximum atomic E-state index is 12.7. The van der Waals surface area contributed by atoms with E-state index in [2.05, 4.69) is 5.32 Å². The first-order valence-electron chi connectivity index (χ1n) is 9.75. The minimum absolute atomic E-state index is 0.162. The van der Waals surface area contributed by atoms with Gasteiger partial charge >= 0.3 is 0 Å². The largest absolute Gasteiger partial charge is 0.497 e. The molecule has 3 aromatic carbocycles. The predicted octanol–water partition coefficient (Wildman–Crippen LogP) is 5.69. The highest BCUT2D eigenvalue weighted by molar-refractivity contribution is 6.36. The molecule has 1 N–H and O–H groups in total. The van der Waals surface area contributed by atoms with Crippen molar-refractivity contribution in [3.05, 3.63) is 95.1 Å². The van der Waals surface area contributed by atoms with Crippen molar-refractivity contribution in [2.45, 2.75) is 0 Å². The Morgan fingerprint density at radius 2 is 1.81 bits per heavy atom. The van der Waals surface area contributed by atoms with Crippen molar-refractivity contribution < 1.29 is 9.53 Å². The van der Waals surface area contributed by atoms with Gasteiger partial charge in [0.25, 0.3) is 5.91 Å². The van der Waals surface area contributed by atoms with E-state index in [4.69, 9.17) is 21.4 Å². The van der Waals surface area contributed by atoms with Crippen LogP contribution >= 0.6 is 11.6 Å². The molecular weight excluding hydrogens is 410 g/mol. The lowest BCUT2D eigenvalue weighted by molar-refractivity contribution is -0.110. The van der Waals surface area contributed by atoms with E-state index in [1.165, 1.54) is 0 Å². The normalized spacial score (nSPS) is 13.9. The molecule has 0 atom stereocenters. The van der Waals surface area contributed by atoms with Crippen LogP contribution in [0.25, 0.3) is 28.6 Å². The molecule has 2 heterocycles. The topological polar surface area (TPSA) is 56.2 Å². The highest BCUT2D eigenvalue weighted by Crippen LogP contribution is 2.36. The summed E-state index contributed by atoms with van der Waals surface area (Å²) in [5.41, 5.74) is 5.58. The van der Waals surface area contributed by atoms with Gasteiger partial charge in [-0.2, -0.15) is 5.10 Å². The van der Waals surface area contributed by atoms with Crippen LogP contribution in [0, 0.1) is 0 Å². The van der Waals surface area contributed by atoms with Crippen LogP contribution in [-0.2, 0) is 4.79 Å². The molecule has 1 amide bonds. The van der Waals surface area contributed by atoms with Gasteiger partial charge in [0.2, 0.25) is 0 Å². The average molecular weight is 428 g/mol. The first-order chi connectivity index (χ1) is 15.1. The Morgan fingerprint density at radius 3 is 2.55 bits per heavy atom. The molecule has 5 rings (SSSR count). The summed E-state index contributed by atoms with van der Waals surface area (Å²) < 4.78 is 7.10. The molecule has 31 heavy (non-hydrogen) atoms. The Kier molecular flexibility index (Phi) is 4.81. The molecule has 1 aromatic heterocycles. The quantitative estimate of drug-likeness (QED) is 0.425. The van der Waals surface area contributed by atoms with E-state index in [1.54, 1.807) is 19.2 Å². The van der Waals surface area contributed by atoms with Crippen LogP contribution in [0.4, 0.5) is 5.69 Å². The summed E-state index contributed by atoms with van der Waals surface area (Å²) in [5, 5.41) is 8.29. The molecule has 5 nitrogen and oxygen atoms in total. The second kappa shape index (κ2) is 7.78. The Balaban J connectivity index is 1.66. The van der Waals surface area contributed by atoms with Gasteiger partial charge in [0.15, 0.2) is 0 Å². The SMILES string of the molecule is COc1ccc(-c2nn(-c3ccccc3)cc2C=C2C(=O)Nc3cc(Cl)ccc32)cc1. The highest BCUT2D eigenvalue weighted by atomic mass is 35.5. The lowest BCUT2D eigenvalue weighted by atomic mass is 10.0. The maximum absolute atomic E-state index is 12.7. The van der Waals surface area contributed by atoms with Gasteiger partial charge in [-0.1, -0.05) is 35.9 Å². The number of para-hydroxylation sites is 1. The number of hydrogen-bond donors (Lipinski definition) is 1. The van der Waals surface area contributed by atoms with Gasteiger partial charge < -0.3 is 10.1 Å². The van der Waals surface area contributed by atoms with E-state index < -0.39 is 0 Å². The lowest BCUT2D eigenvalue weighted by Crippen LogP contribution is -2.03. The fourth-order valence-electron chi connectivity index (χ4n) is 3.64. The number of anilines is 1. The number of amides is 1. The fourth-order valence-corrected chi connectivity index (χ4v) is 3.82. The molecule has 0 saturated heterocycles. The van der Waals surface area contributed by atoms with Crippen molar-refractivity contribution in [2.24, 2.45) is 0 Å². The number of aromatic nitrogens is 2. The molecule has 1 aliphatic rings. The standard InChI is InChI=1S/C25H18ClN3O2/c1-31-20-10-7-16(8-11-20)24-17(15-29(28-24)19-5-3-2-4-6-19)13-22-21-12-9-18(26)14-23(21)27-25(22)30/h2-15H,1H3,(H,27,30). The second-order valence-electron chi connectivity index (χ2n) is 7.14. The van der Waals surface area contributed by atoms with E-state index in [1.807, 2.05) is 77.6 Å². The van der Waals surface area contributed by atoms with Crippen molar-refractivity contribution in [3.63, 3.8) is 0 Å². The molecule has 0 radical (unpaired) electrons. The summed E-state index contributed by atoms with van der Waals surface area (Å²) in [6.07, 6.45) is 3.81. The summed E-state index contributed by atoms with van der Waals surface area (Å²) in [6.45, 7) is 0.